The number of benzene rings is 1. The van der Waals surface area contributed by atoms with Gasteiger partial charge in [0.15, 0.2) is 0 Å². The summed E-state index contributed by atoms with van der Waals surface area (Å²) >= 11 is 0. The summed E-state index contributed by atoms with van der Waals surface area (Å²) in [5, 5.41) is 7.26. The molecule has 0 bridgehead atoms. The van der Waals surface area contributed by atoms with Crippen molar-refractivity contribution in [3.8, 4) is 5.75 Å². The molecule has 0 heterocycles. The maximum Gasteiger partial charge on any atom is 0.313 e. The summed E-state index contributed by atoms with van der Waals surface area (Å²) in [5.41, 5.74) is 0.601. The summed E-state index contributed by atoms with van der Waals surface area (Å²) in [5.74, 6) is -1.50. The molecule has 0 saturated carbocycles. The lowest BCUT2D eigenvalue weighted by molar-refractivity contribution is -0.136. The van der Waals surface area contributed by atoms with Gasteiger partial charge in [-0.25, -0.2) is 0 Å². The molecule has 3 N–H and O–H groups in total. The number of rotatable bonds is 4. The predicted octanol–water partition coefficient (Wildman–Crippen LogP) is 0.129. The van der Waals surface area contributed by atoms with E-state index in [9.17, 15) is 14.4 Å². The van der Waals surface area contributed by atoms with Gasteiger partial charge in [-0.05, 0) is 25.1 Å². The molecule has 3 amide bonds. The molecule has 0 aromatic heterocycles. The van der Waals surface area contributed by atoms with Gasteiger partial charge >= 0.3 is 11.8 Å². The van der Waals surface area contributed by atoms with E-state index < -0.39 is 11.8 Å². The van der Waals surface area contributed by atoms with Crippen LogP contribution in [0.1, 0.15) is 17.3 Å². The summed E-state index contributed by atoms with van der Waals surface area (Å²) < 4.78 is 5.06. The average molecular weight is 279 g/mol. The van der Waals surface area contributed by atoms with Crippen molar-refractivity contribution in [2.45, 2.75) is 6.92 Å². The third-order valence-corrected chi connectivity index (χ3v) is 2.47. The highest BCUT2D eigenvalue weighted by Gasteiger charge is 2.15. The number of amides is 3. The van der Waals surface area contributed by atoms with Crippen molar-refractivity contribution >= 4 is 23.4 Å². The van der Waals surface area contributed by atoms with E-state index in [1.54, 1.807) is 13.0 Å². The maximum atomic E-state index is 11.7. The van der Waals surface area contributed by atoms with Gasteiger partial charge in [0.25, 0.3) is 5.91 Å². The summed E-state index contributed by atoms with van der Waals surface area (Å²) in [4.78, 5) is 34.6. The van der Waals surface area contributed by atoms with Gasteiger partial charge in [-0.3, -0.25) is 14.4 Å². The SMILES string of the molecule is CCNC(=O)C(=O)Nc1ccc(OC)c(C(=O)NC)c1. The Morgan fingerprint density at radius 1 is 1.20 bits per heavy atom. The topological polar surface area (TPSA) is 96.5 Å². The Hall–Kier alpha value is -2.57. The van der Waals surface area contributed by atoms with Crippen molar-refractivity contribution in [2.75, 3.05) is 26.0 Å². The minimum Gasteiger partial charge on any atom is -0.496 e. The standard InChI is InChI=1S/C13H17N3O4/c1-4-15-12(18)13(19)16-8-5-6-10(20-3)9(7-8)11(17)14-2/h5-7H,4H2,1-3H3,(H,14,17)(H,15,18)(H,16,19). The highest BCUT2D eigenvalue weighted by atomic mass is 16.5. The van der Waals surface area contributed by atoms with Crippen LogP contribution in [0.15, 0.2) is 18.2 Å². The van der Waals surface area contributed by atoms with Crippen molar-refractivity contribution in [1.82, 2.24) is 10.6 Å². The molecule has 0 aliphatic carbocycles. The van der Waals surface area contributed by atoms with Crippen LogP contribution in [0.3, 0.4) is 0 Å². The molecule has 0 spiro atoms. The second-order valence-electron chi connectivity index (χ2n) is 3.81. The number of likely N-dealkylation sites (N-methyl/N-ethyl adjacent to an activating group) is 1. The first kappa shape index (κ1) is 15.5. The summed E-state index contributed by atoms with van der Waals surface area (Å²) in [6.45, 7) is 2.07. The van der Waals surface area contributed by atoms with Crippen LogP contribution in [-0.2, 0) is 9.59 Å². The van der Waals surface area contributed by atoms with Crippen molar-refractivity contribution < 1.29 is 19.1 Å². The first-order valence-electron chi connectivity index (χ1n) is 6.02. The minimum absolute atomic E-state index is 0.267. The zero-order valence-corrected chi connectivity index (χ0v) is 11.6. The molecule has 7 heteroatoms. The molecule has 0 fully saturated rings. The van der Waals surface area contributed by atoms with Crippen LogP contribution in [-0.4, -0.2) is 38.4 Å². The Kier molecular flexibility index (Phi) is 5.52. The Balaban J connectivity index is 2.95. The van der Waals surface area contributed by atoms with Gasteiger partial charge in [-0.15, -0.1) is 0 Å². The molecule has 0 radical (unpaired) electrons. The lowest BCUT2D eigenvalue weighted by atomic mass is 10.1. The molecule has 108 valence electrons. The van der Waals surface area contributed by atoms with Gasteiger partial charge in [0, 0.05) is 19.3 Å². The van der Waals surface area contributed by atoms with E-state index in [0.717, 1.165) is 0 Å². The van der Waals surface area contributed by atoms with E-state index in [4.69, 9.17) is 4.74 Å². The van der Waals surface area contributed by atoms with E-state index in [1.807, 2.05) is 0 Å². The molecule has 0 atom stereocenters. The van der Waals surface area contributed by atoms with E-state index in [0.29, 0.717) is 18.0 Å². The van der Waals surface area contributed by atoms with Crippen molar-refractivity contribution in [3.05, 3.63) is 23.8 Å². The number of hydrogen-bond donors (Lipinski definition) is 3. The summed E-state index contributed by atoms with van der Waals surface area (Å²) in [6.07, 6.45) is 0. The molecule has 0 unspecified atom stereocenters. The number of nitrogens with one attached hydrogen (secondary N) is 3. The third-order valence-electron chi connectivity index (χ3n) is 2.47. The van der Waals surface area contributed by atoms with Crippen LogP contribution in [0, 0.1) is 0 Å². The third kappa shape index (κ3) is 3.71. The molecule has 0 aliphatic heterocycles. The van der Waals surface area contributed by atoms with E-state index in [-0.39, 0.29) is 11.5 Å². The quantitative estimate of drug-likeness (QED) is 0.682. The minimum atomic E-state index is -0.792. The van der Waals surface area contributed by atoms with Crippen LogP contribution in [0.5, 0.6) is 5.75 Å². The lowest BCUT2D eigenvalue weighted by Crippen LogP contribution is -2.35. The fourth-order valence-corrected chi connectivity index (χ4v) is 1.53. The predicted molar refractivity (Wildman–Crippen MR) is 73.7 cm³/mol. The lowest BCUT2D eigenvalue weighted by Gasteiger charge is -2.10. The second-order valence-corrected chi connectivity index (χ2v) is 3.81. The monoisotopic (exact) mass is 279 g/mol. The smallest absolute Gasteiger partial charge is 0.313 e. The van der Waals surface area contributed by atoms with Gasteiger partial charge in [0.1, 0.15) is 5.75 Å². The Labute approximate surface area is 116 Å². The van der Waals surface area contributed by atoms with Crippen LogP contribution in [0.25, 0.3) is 0 Å². The first-order chi connectivity index (χ1) is 9.53. The number of ether oxygens (including phenoxy) is 1. The molecule has 0 aliphatic rings. The number of anilines is 1. The Morgan fingerprint density at radius 2 is 1.90 bits per heavy atom. The number of carbonyl (C=O) groups excluding carboxylic acids is 3. The normalized spacial score (nSPS) is 9.55. The van der Waals surface area contributed by atoms with E-state index in [1.165, 1.54) is 26.3 Å². The van der Waals surface area contributed by atoms with Crippen LogP contribution in [0.2, 0.25) is 0 Å². The van der Waals surface area contributed by atoms with Crippen LogP contribution < -0.4 is 20.7 Å². The zero-order valence-electron chi connectivity index (χ0n) is 11.6. The Morgan fingerprint density at radius 3 is 2.45 bits per heavy atom. The fraction of sp³-hybridized carbons (Fsp3) is 0.308. The molecule has 7 nitrogen and oxygen atoms in total. The van der Waals surface area contributed by atoms with Gasteiger partial charge < -0.3 is 20.7 Å². The van der Waals surface area contributed by atoms with E-state index in [2.05, 4.69) is 16.0 Å². The number of carbonyl (C=O) groups is 3. The highest BCUT2D eigenvalue weighted by molar-refractivity contribution is 6.39. The molecular weight excluding hydrogens is 262 g/mol. The molecule has 1 rings (SSSR count). The number of hydrogen-bond acceptors (Lipinski definition) is 4. The fourth-order valence-electron chi connectivity index (χ4n) is 1.53. The Bertz CT molecular complexity index is 528. The van der Waals surface area contributed by atoms with Crippen molar-refractivity contribution in [1.29, 1.82) is 0 Å². The molecule has 20 heavy (non-hydrogen) atoms. The largest absolute Gasteiger partial charge is 0.496 e. The average Bonchev–Trinajstić information content (AvgIpc) is 2.46. The van der Waals surface area contributed by atoms with Crippen LogP contribution in [0.4, 0.5) is 5.69 Å². The van der Waals surface area contributed by atoms with Gasteiger partial charge in [0.05, 0.1) is 12.7 Å². The van der Waals surface area contributed by atoms with Crippen LogP contribution >= 0.6 is 0 Å². The zero-order chi connectivity index (χ0) is 15.1. The second kappa shape index (κ2) is 7.13. The molecular formula is C13H17N3O4. The maximum absolute atomic E-state index is 11.7. The number of methoxy groups -OCH3 is 1. The van der Waals surface area contributed by atoms with Crippen molar-refractivity contribution in [2.24, 2.45) is 0 Å². The van der Waals surface area contributed by atoms with E-state index >= 15 is 0 Å². The van der Waals surface area contributed by atoms with Gasteiger partial charge in [-0.2, -0.15) is 0 Å². The molecule has 1 aromatic carbocycles. The van der Waals surface area contributed by atoms with Crippen molar-refractivity contribution in [3.63, 3.8) is 0 Å². The molecule has 0 saturated heterocycles. The highest BCUT2D eigenvalue weighted by Crippen LogP contribution is 2.22. The first-order valence-corrected chi connectivity index (χ1v) is 6.02. The van der Waals surface area contributed by atoms with Gasteiger partial charge in [-0.1, -0.05) is 0 Å². The summed E-state index contributed by atoms with van der Waals surface area (Å²) in [6, 6.07) is 4.52. The summed E-state index contributed by atoms with van der Waals surface area (Å²) in [7, 11) is 2.93. The van der Waals surface area contributed by atoms with Gasteiger partial charge in [0.2, 0.25) is 0 Å². The molecule has 1 aromatic rings.